The highest BCUT2D eigenvalue weighted by molar-refractivity contribution is 7.73. The number of nitrogens with two attached hydrogens (primary N) is 1. The summed E-state index contributed by atoms with van der Waals surface area (Å²) in [7, 11) is 0. The number of nitriles is 1. The number of nitrogens with zero attached hydrogens (tertiary/aromatic N) is 2. The van der Waals surface area contributed by atoms with Crippen molar-refractivity contribution in [2.24, 2.45) is 0 Å². The van der Waals surface area contributed by atoms with Crippen molar-refractivity contribution >= 4 is 35.3 Å². The number of nitrogen functional groups attached to an aromatic ring is 1. The molecule has 2 N–H and O–H groups in total. The number of carbonyl (C=O) groups excluding carboxylic acids is 1. The predicted molar refractivity (Wildman–Crippen MR) is 68.1 cm³/mol. The summed E-state index contributed by atoms with van der Waals surface area (Å²) in [6, 6.07) is 1.99. The maximum absolute atomic E-state index is 11.1. The highest BCUT2D eigenvalue weighted by atomic mass is 32.1. The van der Waals surface area contributed by atoms with E-state index in [1.165, 1.54) is 11.3 Å². The fraction of sp³-hybridized carbons (Fsp3) is 0.500. The van der Waals surface area contributed by atoms with Crippen LogP contribution in [0.5, 0.6) is 0 Å². The van der Waals surface area contributed by atoms with Gasteiger partial charge in [-0.15, -0.1) is 0 Å². The molecule has 0 amide bonds. The van der Waals surface area contributed by atoms with Crippen LogP contribution in [0.2, 0.25) is 0 Å². The average molecular weight is 271 g/mol. The van der Waals surface area contributed by atoms with Crippen LogP contribution in [0.25, 0.3) is 0 Å². The predicted octanol–water partition coefficient (Wildman–Crippen LogP) is 2.08. The number of esters is 1. The minimum Gasteiger partial charge on any atom is -0.466 e. The Morgan fingerprint density at radius 1 is 1.71 bits per heavy atom. The van der Waals surface area contributed by atoms with E-state index in [0.717, 1.165) is 0 Å². The molecule has 0 spiro atoms. The topological polar surface area (TPSA) is 81.0 Å². The molecule has 0 atom stereocenters. The molecule has 0 bridgehead atoms. The Labute approximate surface area is 108 Å². The van der Waals surface area contributed by atoms with Crippen molar-refractivity contribution in [2.75, 3.05) is 12.3 Å². The first-order valence-corrected chi connectivity index (χ1v) is 6.37. The number of aromatic nitrogens is 1. The summed E-state index contributed by atoms with van der Waals surface area (Å²) in [4.78, 5) is 11.5. The van der Waals surface area contributed by atoms with Crippen molar-refractivity contribution in [1.82, 2.24) is 4.57 Å². The lowest BCUT2D eigenvalue weighted by Gasteiger charge is -2.05. The molecule has 0 radical (unpaired) electrons. The fourth-order valence-electron chi connectivity index (χ4n) is 1.32. The van der Waals surface area contributed by atoms with E-state index in [2.05, 4.69) is 0 Å². The van der Waals surface area contributed by atoms with Crippen LogP contribution in [0, 0.1) is 15.3 Å². The van der Waals surface area contributed by atoms with Crippen LogP contribution in [0.3, 0.4) is 0 Å². The van der Waals surface area contributed by atoms with Gasteiger partial charge in [0.2, 0.25) is 0 Å². The minimum absolute atomic E-state index is 0.228. The molecule has 0 aromatic carbocycles. The van der Waals surface area contributed by atoms with E-state index >= 15 is 0 Å². The molecule has 1 aromatic heterocycles. The molecule has 0 aliphatic rings. The summed E-state index contributed by atoms with van der Waals surface area (Å²) in [5.74, 6) is 0.152. The van der Waals surface area contributed by atoms with Gasteiger partial charge in [-0.25, -0.2) is 0 Å². The average Bonchev–Trinajstić information content (AvgIpc) is 2.56. The monoisotopic (exact) mass is 271 g/mol. The molecular formula is C10H13N3O2S2. The molecule has 0 aliphatic heterocycles. The number of hydrogen-bond donors (Lipinski definition) is 1. The van der Waals surface area contributed by atoms with Crippen LogP contribution in [0.1, 0.15) is 24.6 Å². The first-order chi connectivity index (χ1) is 8.10. The second-order valence-electron chi connectivity index (χ2n) is 3.25. The number of rotatable bonds is 5. The van der Waals surface area contributed by atoms with Crippen LogP contribution in [-0.4, -0.2) is 17.1 Å². The highest BCUT2D eigenvalue weighted by Crippen LogP contribution is 2.21. The van der Waals surface area contributed by atoms with Gasteiger partial charge in [0.05, 0.1) is 6.61 Å². The van der Waals surface area contributed by atoms with E-state index in [4.69, 9.17) is 28.0 Å². The second kappa shape index (κ2) is 6.37. The second-order valence-corrected chi connectivity index (χ2v) is 4.90. The van der Waals surface area contributed by atoms with Crippen LogP contribution in [0.4, 0.5) is 5.82 Å². The van der Waals surface area contributed by atoms with Gasteiger partial charge >= 0.3 is 5.97 Å². The molecule has 1 aromatic rings. The Morgan fingerprint density at radius 2 is 2.41 bits per heavy atom. The lowest BCUT2D eigenvalue weighted by molar-refractivity contribution is -0.143. The number of ether oxygens (including phenoxy) is 1. The maximum Gasteiger partial charge on any atom is 0.305 e. The van der Waals surface area contributed by atoms with Crippen LogP contribution in [-0.2, 0) is 16.1 Å². The zero-order valence-corrected chi connectivity index (χ0v) is 11.1. The van der Waals surface area contributed by atoms with Crippen molar-refractivity contribution in [1.29, 1.82) is 5.26 Å². The molecule has 1 heterocycles. The summed E-state index contributed by atoms with van der Waals surface area (Å²) in [6.07, 6.45) is 0.922. The Bertz CT molecular complexity index is 499. The van der Waals surface area contributed by atoms with Crippen molar-refractivity contribution in [2.45, 2.75) is 26.3 Å². The van der Waals surface area contributed by atoms with Crippen LogP contribution >= 0.6 is 23.6 Å². The third-order valence-corrected chi connectivity index (χ3v) is 3.47. The summed E-state index contributed by atoms with van der Waals surface area (Å²) in [5.41, 5.74) is 5.76. The van der Waals surface area contributed by atoms with Gasteiger partial charge in [0, 0.05) is 13.0 Å². The summed E-state index contributed by atoms with van der Waals surface area (Å²) in [6.45, 7) is 2.68. The van der Waals surface area contributed by atoms with Gasteiger partial charge < -0.3 is 15.0 Å². The Morgan fingerprint density at radius 3 is 2.94 bits per heavy atom. The standard InChI is InChI=1S/C10H13N3O2S2/c1-2-15-8(14)4-3-5-13-9(12)7(6-11)17-10(13)16/h2-5,12H2,1H3. The molecule has 1 rings (SSSR count). The number of hydrogen-bond acceptors (Lipinski definition) is 6. The zero-order chi connectivity index (χ0) is 12.8. The van der Waals surface area contributed by atoms with Gasteiger partial charge in [-0.3, -0.25) is 4.79 Å². The van der Waals surface area contributed by atoms with Gasteiger partial charge in [-0.2, -0.15) is 5.26 Å². The van der Waals surface area contributed by atoms with Crippen molar-refractivity contribution < 1.29 is 9.53 Å². The van der Waals surface area contributed by atoms with E-state index in [1.807, 2.05) is 6.07 Å². The minimum atomic E-state index is -0.228. The molecule has 0 aliphatic carbocycles. The summed E-state index contributed by atoms with van der Waals surface area (Å²) >= 11 is 6.28. The van der Waals surface area contributed by atoms with E-state index in [9.17, 15) is 4.79 Å². The van der Waals surface area contributed by atoms with Gasteiger partial charge in [-0.05, 0) is 25.6 Å². The first-order valence-electron chi connectivity index (χ1n) is 5.15. The third-order valence-electron chi connectivity index (χ3n) is 2.10. The summed E-state index contributed by atoms with van der Waals surface area (Å²) in [5, 5.41) is 8.79. The van der Waals surface area contributed by atoms with Crippen molar-refractivity contribution in [3.8, 4) is 6.07 Å². The Balaban J connectivity index is 2.59. The van der Waals surface area contributed by atoms with E-state index in [0.29, 0.717) is 40.6 Å². The molecule has 0 saturated heterocycles. The molecule has 0 saturated carbocycles. The number of carbonyl (C=O) groups is 1. The largest absolute Gasteiger partial charge is 0.466 e. The molecule has 92 valence electrons. The van der Waals surface area contributed by atoms with Crippen molar-refractivity contribution in [3.05, 3.63) is 8.83 Å². The third kappa shape index (κ3) is 3.54. The van der Waals surface area contributed by atoms with Gasteiger partial charge in [0.25, 0.3) is 0 Å². The van der Waals surface area contributed by atoms with E-state index in [-0.39, 0.29) is 5.97 Å². The summed E-state index contributed by atoms with van der Waals surface area (Å²) < 4.78 is 7.05. The van der Waals surface area contributed by atoms with Crippen LogP contribution < -0.4 is 5.73 Å². The van der Waals surface area contributed by atoms with Gasteiger partial charge in [-0.1, -0.05) is 11.3 Å². The number of thiazole rings is 1. The van der Waals surface area contributed by atoms with E-state index in [1.54, 1.807) is 11.5 Å². The SMILES string of the molecule is CCOC(=O)CCCn1c(N)c(C#N)sc1=S. The first kappa shape index (κ1) is 13.7. The van der Waals surface area contributed by atoms with Crippen molar-refractivity contribution in [3.63, 3.8) is 0 Å². The zero-order valence-electron chi connectivity index (χ0n) is 9.43. The van der Waals surface area contributed by atoms with Crippen LogP contribution in [0.15, 0.2) is 0 Å². The molecule has 0 unspecified atom stereocenters. The molecule has 5 nitrogen and oxygen atoms in total. The normalized spacial score (nSPS) is 9.88. The number of anilines is 1. The lowest BCUT2D eigenvalue weighted by Crippen LogP contribution is -2.08. The lowest BCUT2D eigenvalue weighted by atomic mass is 10.3. The molecule has 0 fully saturated rings. The quantitative estimate of drug-likeness (QED) is 0.655. The smallest absolute Gasteiger partial charge is 0.305 e. The highest BCUT2D eigenvalue weighted by Gasteiger charge is 2.09. The van der Waals surface area contributed by atoms with Gasteiger partial charge in [0.1, 0.15) is 16.8 Å². The fourth-order valence-corrected chi connectivity index (χ4v) is 2.50. The maximum atomic E-state index is 11.1. The van der Waals surface area contributed by atoms with Gasteiger partial charge in [0.15, 0.2) is 3.95 Å². The Hall–Kier alpha value is -1.39. The molecule has 7 heteroatoms. The Kier molecular flexibility index (Phi) is 5.12. The molecule has 17 heavy (non-hydrogen) atoms. The molecular weight excluding hydrogens is 258 g/mol. The van der Waals surface area contributed by atoms with E-state index < -0.39 is 0 Å².